The van der Waals surface area contributed by atoms with E-state index < -0.39 is 0 Å². The van der Waals surface area contributed by atoms with E-state index in [4.69, 9.17) is 21.1 Å². The van der Waals surface area contributed by atoms with Crippen LogP contribution in [0.1, 0.15) is 25.5 Å². The Morgan fingerprint density at radius 1 is 1.19 bits per heavy atom. The minimum Gasteiger partial charge on any atom is -0.379 e. The topological polar surface area (TPSA) is 54.0 Å². The van der Waals surface area contributed by atoms with Gasteiger partial charge >= 0.3 is 0 Å². The van der Waals surface area contributed by atoms with Gasteiger partial charge in [-0.05, 0) is 31.5 Å². The van der Waals surface area contributed by atoms with Gasteiger partial charge in [0.2, 0.25) is 5.91 Å². The third-order valence-corrected chi connectivity index (χ3v) is 5.60. The average Bonchev–Trinajstić information content (AvgIpc) is 2.68. The van der Waals surface area contributed by atoms with Gasteiger partial charge in [0.05, 0.1) is 32.5 Å². The highest BCUT2D eigenvalue weighted by atomic mass is 35.5. The van der Waals surface area contributed by atoms with Gasteiger partial charge in [-0.25, -0.2) is 0 Å². The van der Waals surface area contributed by atoms with Crippen LogP contribution in [0, 0.1) is 0 Å². The Labute approximate surface area is 166 Å². The van der Waals surface area contributed by atoms with Crippen molar-refractivity contribution in [2.75, 3.05) is 59.1 Å². The van der Waals surface area contributed by atoms with Gasteiger partial charge in [-0.15, -0.1) is 0 Å². The van der Waals surface area contributed by atoms with E-state index in [1.165, 1.54) is 0 Å². The summed E-state index contributed by atoms with van der Waals surface area (Å²) in [6.07, 6.45) is -0.0198. The molecule has 2 heterocycles. The molecule has 2 aliphatic rings. The predicted molar refractivity (Wildman–Crippen MR) is 106 cm³/mol. The summed E-state index contributed by atoms with van der Waals surface area (Å²) >= 11 is 5.96. The second kappa shape index (κ2) is 9.34. The number of carbonyl (C=O) groups is 1. The summed E-state index contributed by atoms with van der Waals surface area (Å²) in [7, 11) is 0. The maximum absolute atomic E-state index is 12.5. The first-order valence-electron chi connectivity index (χ1n) is 9.63. The van der Waals surface area contributed by atoms with Crippen molar-refractivity contribution in [1.29, 1.82) is 0 Å². The zero-order chi connectivity index (χ0) is 19.3. The van der Waals surface area contributed by atoms with Crippen molar-refractivity contribution in [2.24, 2.45) is 0 Å². The van der Waals surface area contributed by atoms with Crippen LogP contribution < -0.4 is 5.32 Å². The Morgan fingerprint density at radius 2 is 1.89 bits per heavy atom. The highest BCUT2D eigenvalue weighted by Gasteiger charge is 2.29. The fraction of sp³-hybridized carbons (Fsp3) is 0.650. The molecule has 1 aromatic carbocycles. The van der Waals surface area contributed by atoms with Crippen LogP contribution in [0.3, 0.4) is 0 Å². The number of benzene rings is 1. The molecule has 1 aromatic rings. The minimum absolute atomic E-state index is 0.0198. The summed E-state index contributed by atoms with van der Waals surface area (Å²) in [4.78, 5) is 17.0. The summed E-state index contributed by atoms with van der Waals surface area (Å²) in [5.41, 5.74) is 1.02. The third-order valence-electron chi connectivity index (χ3n) is 5.34. The molecule has 150 valence electrons. The molecular weight excluding hydrogens is 366 g/mol. The van der Waals surface area contributed by atoms with Crippen LogP contribution in [0.4, 0.5) is 0 Å². The monoisotopic (exact) mass is 395 g/mol. The summed E-state index contributed by atoms with van der Waals surface area (Å²) in [6.45, 7) is 10.8. The number of ether oxygens (including phenoxy) is 2. The van der Waals surface area contributed by atoms with Crippen LogP contribution in [0.15, 0.2) is 24.3 Å². The van der Waals surface area contributed by atoms with E-state index in [1.807, 2.05) is 24.3 Å². The Morgan fingerprint density at radius 3 is 2.59 bits per heavy atom. The first-order valence-corrected chi connectivity index (χ1v) is 10.0. The number of hydrogen-bond donors (Lipinski definition) is 1. The molecule has 0 radical (unpaired) electrons. The first-order chi connectivity index (χ1) is 12.9. The Kier molecular flexibility index (Phi) is 7.11. The molecule has 3 rings (SSSR count). The molecular formula is C20H30ClN3O3. The number of amides is 1. The second-order valence-electron chi connectivity index (χ2n) is 7.83. The smallest absolute Gasteiger partial charge is 0.234 e. The molecule has 27 heavy (non-hydrogen) atoms. The summed E-state index contributed by atoms with van der Waals surface area (Å²) in [5, 5.41) is 3.82. The minimum atomic E-state index is -0.0731. The van der Waals surface area contributed by atoms with E-state index >= 15 is 0 Å². The predicted octanol–water partition coefficient (Wildman–Crippen LogP) is 1.94. The van der Waals surface area contributed by atoms with Gasteiger partial charge in [-0.3, -0.25) is 14.6 Å². The molecule has 0 bridgehead atoms. The van der Waals surface area contributed by atoms with Crippen molar-refractivity contribution in [3.05, 3.63) is 34.9 Å². The van der Waals surface area contributed by atoms with Crippen molar-refractivity contribution in [2.45, 2.75) is 25.5 Å². The van der Waals surface area contributed by atoms with Crippen LogP contribution in [0.5, 0.6) is 0 Å². The first kappa shape index (κ1) is 20.6. The summed E-state index contributed by atoms with van der Waals surface area (Å²) in [5.74, 6) is 0.0630. The molecule has 7 heteroatoms. The lowest BCUT2D eigenvalue weighted by Crippen LogP contribution is -2.56. The number of halogens is 1. The fourth-order valence-electron chi connectivity index (χ4n) is 3.58. The zero-order valence-corrected chi connectivity index (χ0v) is 17.0. The van der Waals surface area contributed by atoms with Crippen LogP contribution in [0.25, 0.3) is 0 Å². The summed E-state index contributed by atoms with van der Waals surface area (Å²) < 4.78 is 11.3. The average molecular weight is 396 g/mol. The zero-order valence-electron chi connectivity index (χ0n) is 16.2. The van der Waals surface area contributed by atoms with E-state index in [2.05, 4.69) is 29.0 Å². The standard InChI is InChI=1S/C20H30ClN3O3/c1-20(2,24-8-10-26-11-9-24)15-22-19(25)14-23-7-12-27-18(13-23)16-3-5-17(21)6-4-16/h3-6,18H,7-15H2,1-2H3,(H,22,25). The maximum Gasteiger partial charge on any atom is 0.234 e. The Balaban J connectivity index is 1.46. The SMILES string of the molecule is CC(C)(CNC(=O)CN1CCOC(c2ccc(Cl)cc2)C1)N1CCOCC1. The van der Waals surface area contributed by atoms with E-state index in [0.717, 1.165) is 38.4 Å². The molecule has 2 aliphatic heterocycles. The molecule has 0 spiro atoms. The maximum atomic E-state index is 12.5. The molecule has 0 saturated carbocycles. The molecule has 1 atom stereocenters. The number of nitrogens with one attached hydrogen (secondary N) is 1. The van der Waals surface area contributed by atoms with Gasteiger partial charge in [-0.2, -0.15) is 0 Å². The van der Waals surface area contributed by atoms with Crippen molar-refractivity contribution in [3.63, 3.8) is 0 Å². The number of nitrogens with zero attached hydrogens (tertiary/aromatic N) is 2. The van der Waals surface area contributed by atoms with Crippen molar-refractivity contribution >= 4 is 17.5 Å². The van der Waals surface area contributed by atoms with E-state index in [9.17, 15) is 4.79 Å². The van der Waals surface area contributed by atoms with E-state index in [0.29, 0.717) is 31.3 Å². The lowest BCUT2D eigenvalue weighted by Gasteiger charge is -2.41. The number of carbonyl (C=O) groups excluding carboxylic acids is 1. The molecule has 2 fully saturated rings. The third kappa shape index (κ3) is 5.90. The highest BCUT2D eigenvalue weighted by molar-refractivity contribution is 6.30. The lowest BCUT2D eigenvalue weighted by atomic mass is 10.0. The van der Waals surface area contributed by atoms with Crippen molar-refractivity contribution in [1.82, 2.24) is 15.1 Å². The van der Waals surface area contributed by atoms with E-state index in [-0.39, 0.29) is 17.6 Å². The lowest BCUT2D eigenvalue weighted by molar-refractivity contribution is -0.125. The molecule has 2 saturated heterocycles. The number of morpholine rings is 2. The van der Waals surface area contributed by atoms with Crippen LogP contribution in [-0.4, -0.2) is 80.3 Å². The van der Waals surface area contributed by atoms with Crippen LogP contribution >= 0.6 is 11.6 Å². The van der Waals surface area contributed by atoms with Crippen LogP contribution in [-0.2, 0) is 14.3 Å². The largest absolute Gasteiger partial charge is 0.379 e. The molecule has 6 nitrogen and oxygen atoms in total. The molecule has 1 amide bonds. The second-order valence-corrected chi connectivity index (χ2v) is 8.27. The van der Waals surface area contributed by atoms with Crippen molar-refractivity contribution < 1.29 is 14.3 Å². The Hall–Kier alpha value is -1.18. The molecule has 0 aromatic heterocycles. The fourth-order valence-corrected chi connectivity index (χ4v) is 3.71. The molecule has 1 unspecified atom stereocenters. The molecule has 0 aliphatic carbocycles. The number of hydrogen-bond acceptors (Lipinski definition) is 5. The van der Waals surface area contributed by atoms with Gasteiger partial charge in [0, 0.05) is 43.3 Å². The molecule has 1 N–H and O–H groups in total. The van der Waals surface area contributed by atoms with Gasteiger partial charge in [0.1, 0.15) is 0 Å². The van der Waals surface area contributed by atoms with Gasteiger partial charge in [0.25, 0.3) is 0 Å². The van der Waals surface area contributed by atoms with Crippen LogP contribution in [0.2, 0.25) is 5.02 Å². The summed E-state index contributed by atoms with van der Waals surface area (Å²) in [6, 6.07) is 7.72. The quantitative estimate of drug-likeness (QED) is 0.797. The normalized spacial score (nSPS) is 22.6. The van der Waals surface area contributed by atoms with Crippen molar-refractivity contribution in [3.8, 4) is 0 Å². The Bertz CT molecular complexity index is 617. The van der Waals surface area contributed by atoms with Gasteiger partial charge in [0.15, 0.2) is 0 Å². The van der Waals surface area contributed by atoms with Gasteiger partial charge in [-0.1, -0.05) is 23.7 Å². The highest BCUT2D eigenvalue weighted by Crippen LogP contribution is 2.23. The number of rotatable bonds is 6. The van der Waals surface area contributed by atoms with E-state index in [1.54, 1.807) is 0 Å². The van der Waals surface area contributed by atoms with Gasteiger partial charge < -0.3 is 14.8 Å².